The molecular formula is C19H22N4O2S. The minimum atomic E-state index is -0.267. The Kier molecular flexibility index (Phi) is 5.18. The van der Waals surface area contributed by atoms with Gasteiger partial charge in [-0.2, -0.15) is 0 Å². The Labute approximate surface area is 156 Å². The lowest BCUT2D eigenvalue weighted by Gasteiger charge is -2.12. The van der Waals surface area contributed by atoms with E-state index in [1.807, 2.05) is 32.9 Å². The first-order valence-corrected chi connectivity index (χ1v) is 9.37. The van der Waals surface area contributed by atoms with Gasteiger partial charge in [0.05, 0.1) is 0 Å². The van der Waals surface area contributed by atoms with Crippen LogP contribution in [-0.2, 0) is 10.2 Å². The van der Waals surface area contributed by atoms with E-state index in [9.17, 15) is 9.59 Å². The number of carbonyl (C=O) groups is 2. The Morgan fingerprint density at radius 1 is 1.15 bits per heavy atom. The molecule has 6 nitrogen and oxygen atoms in total. The monoisotopic (exact) mass is 370 g/mol. The summed E-state index contributed by atoms with van der Waals surface area (Å²) in [5, 5.41) is 15.1. The second kappa shape index (κ2) is 7.37. The molecule has 0 unspecified atom stereocenters. The normalized spacial score (nSPS) is 14.4. The molecule has 0 saturated heterocycles. The van der Waals surface area contributed by atoms with Crippen LogP contribution < -0.4 is 10.6 Å². The van der Waals surface area contributed by atoms with Gasteiger partial charge in [0.15, 0.2) is 0 Å². The molecule has 26 heavy (non-hydrogen) atoms. The highest BCUT2D eigenvalue weighted by Crippen LogP contribution is 2.27. The van der Waals surface area contributed by atoms with E-state index in [1.165, 1.54) is 17.4 Å². The number of hydrogen-bond acceptors (Lipinski definition) is 5. The van der Waals surface area contributed by atoms with Gasteiger partial charge in [-0.3, -0.25) is 14.9 Å². The van der Waals surface area contributed by atoms with E-state index in [0.29, 0.717) is 16.7 Å². The van der Waals surface area contributed by atoms with Crippen molar-refractivity contribution in [2.75, 3.05) is 5.32 Å². The lowest BCUT2D eigenvalue weighted by molar-refractivity contribution is -0.111. The second-order valence-corrected chi connectivity index (χ2v) is 8.33. The average Bonchev–Trinajstić information content (AvgIpc) is 3.27. The Bertz CT molecular complexity index is 830. The number of aromatic nitrogens is 2. The van der Waals surface area contributed by atoms with Crippen LogP contribution in [0.3, 0.4) is 0 Å². The highest BCUT2D eigenvalue weighted by atomic mass is 32.1. The van der Waals surface area contributed by atoms with Crippen molar-refractivity contribution in [2.24, 2.45) is 0 Å². The van der Waals surface area contributed by atoms with Crippen molar-refractivity contribution in [3.63, 3.8) is 0 Å². The fourth-order valence-electron chi connectivity index (χ4n) is 2.14. The third-order valence-corrected chi connectivity index (χ3v) is 5.07. The Morgan fingerprint density at radius 3 is 2.42 bits per heavy atom. The molecule has 1 saturated carbocycles. The van der Waals surface area contributed by atoms with Crippen LogP contribution in [-0.4, -0.2) is 28.1 Å². The van der Waals surface area contributed by atoms with Gasteiger partial charge in [0.1, 0.15) is 5.01 Å². The topological polar surface area (TPSA) is 84.0 Å². The van der Waals surface area contributed by atoms with E-state index < -0.39 is 0 Å². The summed E-state index contributed by atoms with van der Waals surface area (Å²) in [7, 11) is 0. The summed E-state index contributed by atoms with van der Waals surface area (Å²) in [5.41, 5.74) is 1.38. The molecule has 1 fully saturated rings. The van der Waals surface area contributed by atoms with E-state index in [2.05, 4.69) is 20.8 Å². The van der Waals surface area contributed by atoms with Gasteiger partial charge in [-0.15, -0.1) is 10.2 Å². The lowest BCUT2D eigenvalue weighted by Crippen LogP contribution is -2.25. The van der Waals surface area contributed by atoms with Gasteiger partial charge in [-0.05, 0) is 36.6 Å². The highest BCUT2D eigenvalue weighted by Gasteiger charge is 2.23. The molecule has 1 aromatic heterocycles. The zero-order chi connectivity index (χ0) is 18.7. The molecular weight excluding hydrogens is 348 g/mol. The smallest absolute Gasteiger partial charge is 0.251 e. The Balaban J connectivity index is 1.55. The van der Waals surface area contributed by atoms with Crippen LogP contribution in [0, 0.1) is 0 Å². The molecule has 3 rings (SSSR count). The number of hydrogen-bond donors (Lipinski definition) is 2. The molecule has 2 N–H and O–H groups in total. The predicted octanol–water partition coefficient (Wildman–Crippen LogP) is 3.38. The Hall–Kier alpha value is -2.54. The van der Waals surface area contributed by atoms with Crippen molar-refractivity contribution in [2.45, 2.75) is 45.1 Å². The third kappa shape index (κ3) is 4.98. The first kappa shape index (κ1) is 18.3. The molecule has 1 aromatic carbocycles. The van der Waals surface area contributed by atoms with Gasteiger partial charge < -0.3 is 5.32 Å². The standard InChI is InChI=1S/C19H22N4O2S/c1-19(2,3)17-22-23-18(26-17)21-15(24)11-6-12-4-7-13(8-5-12)16(25)20-14-9-10-14/h4-8,11,14H,9-10H2,1-3H3,(H,20,25)(H,21,23,24)/b11-6+. The average molecular weight is 370 g/mol. The molecule has 2 aromatic rings. The quantitative estimate of drug-likeness (QED) is 0.790. The maximum atomic E-state index is 12.0. The molecule has 0 radical (unpaired) electrons. The molecule has 0 spiro atoms. The van der Waals surface area contributed by atoms with E-state index in [1.54, 1.807) is 18.2 Å². The van der Waals surface area contributed by atoms with Crippen molar-refractivity contribution >= 4 is 34.4 Å². The van der Waals surface area contributed by atoms with Crippen LogP contribution in [0.1, 0.15) is 54.5 Å². The third-order valence-electron chi connectivity index (χ3n) is 3.81. The van der Waals surface area contributed by atoms with Crippen LogP contribution >= 0.6 is 11.3 Å². The van der Waals surface area contributed by atoms with Gasteiger partial charge >= 0.3 is 0 Å². The van der Waals surface area contributed by atoms with Crippen molar-refractivity contribution < 1.29 is 9.59 Å². The van der Waals surface area contributed by atoms with Gasteiger partial charge in [0, 0.05) is 23.1 Å². The summed E-state index contributed by atoms with van der Waals surface area (Å²) < 4.78 is 0. The molecule has 1 aliphatic rings. The van der Waals surface area contributed by atoms with E-state index in [-0.39, 0.29) is 17.2 Å². The maximum absolute atomic E-state index is 12.0. The number of rotatable bonds is 5. The predicted molar refractivity (Wildman–Crippen MR) is 103 cm³/mol. The fraction of sp³-hybridized carbons (Fsp3) is 0.368. The molecule has 7 heteroatoms. The number of benzene rings is 1. The highest BCUT2D eigenvalue weighted by molar-refractivity contribution is 7.15. The molecule has 136 valence electrons. The zero-order valence-electron chi connectivity index (χ0n) is 15.1. The first-order valence-electron chi connectivity index (χ1n) is 8.55. The van der Waals surface area contributed by atoms with Gasteiger partial charge in [-0.1, -0.05) is 44.2 Å². The molecule has 0 atom stereocenters. The summed E-state index contributed by atoms with van der Waals surface area (Å²) in [6.07, 6.45) is 5.27. The number of carbonyl (C=O) groups excluding carboxylic acids is 2. The molecule has 0 bridgehead atoms. The van der Waals surface area contributed by atoms with Crippen molar-refractivity contribution in [3.05, 3.63) is 46.5 Å². The summed E-state index contributed by atoms with van der Waals surface area (Å²) in [6, 6.07) is 7.48. The van der Waals surface area contributed by atoms with Crippen molar-refractivity contribution in [3.8, 4) is 0 Å². The van der Waals surface area contributed by atoms with E-state index in [0.717, 1.165) is 23.4 Å². The number of amides is 2. The molecule has 2 amide bonds. The minimum Gasteiger partial charge on any atom is -0.349 e. The fourth-order valence-corrected chi connectivity index (χ4v) is 2.94. The Morgan fingerprint density at radius 2 is 1.85 bits per heavy atom. The minimum absolute atomic E-state index is 0.0494. The van der Waals surface area contributed by atoms with Crippen LogP contribution in [0.5, 0.6) is 0 Å². The van der Waals surface area contributed by atoms with Crippen LogP contribution in [0.15, 0.2) is 30.3 Å². The largest absolute Gasteiger partial charge is 0.349 e. The van der Waals surface area contributed by atoms with Crippen LogP contribution in [0.4, 0.5) is 5.13 Å². The van der Waals surface area contributed by atoms with Crippen LogP contribution in [0.25, 0.3) is 6.08 Å². The second-order valence-electron chi connectivity index (χ2n) is 7.35. The molecule has 1 heterocycles. The maximum Gasteiger partial charge on any atom is 0.251 e. The molecule has 0 aliphatic heterocycles. The van der Waals surface area contributed by atoms with Gasteiger partial charge in [-0.25, -0.2) is 0 Å². The summed E-state index contributed by atoms with van der Waals surface area (Å²) in [4.78, 5) is 24.0. The van der Waals surface area contributed by atoms with Crippen LogP contribution in [0.2, 0.25) is 0 Å². The summed E-state index contributed by atoms with van der Waals surface area (Å²) in [6.45, 7) is 6.15. The van der Waals surface area contributed by atoms with Crippen molar-refractivity contribution in [1.29, 1.82) is 0 Å². The number of anilines is 1. The summed E-state index contributed by atoms with van der Waals surface area (Å²) in [5.74, 6) is -0.316. The number of nitrogens with zero attached hydrogens (tertiary/aromatic N) is 2. The van der Waals surface area contributed by atoms with Gasteiger partial charge in [0.25, 0.3) is 5.91 Å². The molecule has 1 aliphatic carbocycles. The number of nitrogens with one attached hydrogen (secondary N) is 2. The van der Waals surface area contributed by atoms with E-state index in [4.69, 9.17) is 0 Å². The zero-order valence-corrected chi connectivity index (χ0v) is 15.9. The van der Waals surface area contributed by atoms with Crippen molar-refractivity contribution in [1.82, 2.24) is 15.5 Å². The van der Waals surface area contributed by atoms with Gasteiger partial charge in [0.2, 0.25) is 11.0 Å². The lowest BCUT2D eigenvalue weighted by atomic mass is 9.98. The summed E-state index contributed by atoms with van der Waals surface area (Å²) >= 11 is 1.37. The van der Waals surface area contributed by atoms with E-state index >= 15 is 0 Å². The first-order chi connectivity index (χ1) is 12.3. The SMILES string of the molecule is CC(C)(C)c1nnc(NC(=O)/C=C/c2ccc(C(=O)NC3CC3)cc2)s1.